The number of benzene rings is 2. The summed E-state index contributed by atoms with van der Waals surface area (Å²) in [5, 5.41) is 0. The predicted molar refractivity (Wildman–Crippen MR) is 93.1 cm³/mol. The number of likely N-dealkylation sites (N-methyl/N-ethyl adjacent to an activating group) is 1. The molecule has 0 saturated carbocycles. The molecule has 0 aliphatic carbocycles. The number of carbonyl (C=O) groups is 2. The lowest BCUT2D eigenvalue weighted by atomic mass is 9.83. The summed E-state index contributed by atoms with van der Waals surface area (Å²) in [7, 11) is 3.34. The van der Waals surface area contributed by atoms with Crippen LogP contribution in [0, 0.1) is 0 Å². The van der Waals surface area contributed by atoms with Gasteiger partial charge in [-0.1, -0.05) is 36.4 Å². The van der Waals surface area contributed by atoms with E-state index in [2.05, 4.69) is 0 Å². The lowest BCUT2D eigenvalue weighted by Gasteiger charge is -2.47. The van der Waals surface area contributed by atoms with Crippen LogP contribution in [0.4, 0.5) is 0 Å². The van der Waals surface area contributed by atoms with Crippen LogP contribution in [-0.4, -0.2) is 42.3 Å². The molecule has 2 aromatic rings. The summed E-state index contributed by atoms with van der Waals surface area (Å²) in [6.45, 7) is 0.507. The van der Waals surface area contributed by atoms with Crippen LogP contribution in [0.15, 0.2) is 48.5 Å². The molecule has 2 heterocycles. The average molecular weight is 336 g/mol. The van der Waals surface area contributed by atoms with E-state index in [-0.39, 0.29) is 12.1 Å². The van der Waals surface area contributed by atoms with E-state index < -0.39 is 11.8 Å². The second kappa shape index (κ2) is 5.92. The van der Waals surface area contributed by atoms with Crippen molar-refractivity contribution in [2.24, 2.45) is 0 Å². The molecule has 2 aromatic carbocycles. The Morgan fingerprint density at radius 3 is 2.48 bits per heavy atom. The van der Waals surface area contributed by atoms with Crippen LogP contribution >= 0.6 is 0 Å². The molecule has 128 valence electrons. The molecule has 2 aliphatic rings. The van der Waals surface area contributed by atoms with Gasteiger partial charge in [0.1, 0.15) is 5.75 Å². The van der Waals surface area contributed by atoms with Crippen molar-refractivity contribution in [2.75, 3.05) is 20.7 Å². The fraction of sp³-hybridized carbons (Fsp3) is 0.300. The molecule has 2 atom stereocenters. The van der Waals surface area contributed by atoms with Crippen molar-refractivity contribution in [3.8, 4) is 5.75 Å². The molecule has 25 heavy (non-hydrogen) atoms. The Morgan fingerprint density at radius 1 is 1.00 bits per heavy atom. The minimum absolute atomic E-state index is 0.130. The van der Waals surface area contributed by atoms with Crippen LogP contribution < -0.4 is 4.74 Å². The Kier molecular flexibility index (Phi) is 3.71. The largest absolute Gasteiger partial charge is 0.497 e. The molecule has 2 amide bonds. The standard InChI is InChI=1S/C20H20N2O3/c1-21-12-18-16-9-8-15(25-2)10-14(16)11-17(13-6-4-3-5-7-13)22(18)20(24)19(21)23/h3-10,17-18H,11-12H2,1-2H3/t17-,18-/m1/s1. The van der Waals surface area contributed by atoms with E-state index in [0.717, 1.165) is 16.9 Å². The smallest absolute Gasteiger partial charge is 0.313 e. The molecule has 4 rings (SSSR count). The van der Waals surface area contributed by atoms with Crippen LogP contribution in [0.5, 0.6) is 5.75 Å². The number of ether oxygens (including phenoxy) is 1. The van der Waals surface area contributed by atoms with Crippen molar-refractivity contribution in [2.45, 2.75) is 18.5 Å². The molecule has 1 fully saturated rings. The van der Waals surface area contributed by atoms with E-state index in [9.17, 15) is 9.59 Å². The number of fused-ring (bicyclic) bond motifs is 3. The van der Waals surface area contributed by atoms with Crippen molar-refractivity contribution < 1.29 is 14.3 Å². The van der Waals surface area contributed by atoms with Gasteiger partial charge in [-0.15, -0.1) is 0 Å². The van der Waals surface area contributed by atoms with Gasteiger partial charge in [-0.2, -0.15) is 0 Å². The number of hydrogen-bond donors (Lipinski definition) is 0. The molecule has 5 nitrogen and oxygen atoms in total. The molecule has 0 aromatic heterocycles. The van der Waals surface area contributed by atoms with Crippen LogP contribution in [0.2, 0.25) is 0 Å². The molecule has 0 spiro atoms. The highest BCUT2D eigenvalue weighted by atomic mass is 16.5. The lowest BCUT2D eigenvalue weighted by molar-refractivity contribution is -0.161. The predicted octanol–water partition coefficient (Wildman–Crippen LogP) is 2.33. The monoisotopic (exact) mass is 336 g/mol. The van der Waals surface area contributed by atoms with Crippen molar-refractivity contribution in [3.05, 3.63) is 65.2 Å². The highest BCUT2D eigenvalue weighted by Crippen LogP contribution is 2.43. The first kappa shape index (κ1) is 15.7. The molecular weight excluding hydrogens is 316 g/mol. The second-order valence-electron chi connectivity index (χ2n) is 6.61. The van der Waals surface area contributed by atoms with Crippen molar-refractivity contribution in [1.29, 1.82) is 0 Å². The van der Waals surface area contributed by atoms with Crippen LogP contribution in [0.1, 0.15) is 28.8 Å². The number of methoxy groups -OCH3 is 1. The van der Waals surface area contributed by atoms with Gasteiger partial charge in [0.2, 0.25) is 0 Å². The molecule has 0 unspecified atom stereocenters. The fourth-order valence-electron chi connectivity index (χ4n) is 3.92. The van der Waals surface area contributed by atoms with Gasteiger partial charge in [-0.05, 0) is 35.2 Å². The maximum atomic E-state index is 12.8. The topological polar surface area (TPSA) is 49.9 Å². The first-order chi connectivity index (χ1) is 12.1. The third kappa shape index (κ3) is 2.47. The summed E-state index contributed by atoms with van der Waals surface area (Å²) in [5.41, 5.74) is 3.32. The minimum Gasteiger partial charge on any atom is -0.497 e. The molecule has 0 N–H and O–H groups in total. The number of nitrogens with zero attached hydrogens (tertiary/aromatic N) is 2. The van der Waals surface area contributed by atoms with Gasteiger partial charge in [0, 0.05) is 13.6 Å². The zero-order valence-electron chi connectivity index (χ0n) is 14.3. The maximum absolute atomic E-state index is 12.8. The minimum atomic E-state index is -0.436. The molecular formula is C20H20N2O3. The highest BCUT2D eigenvalue weighted by molar-refractivity contribution is 6.35. The summed E-state index contributed by atoms with van der Waals surface area (Å²) >= 11 is 0. The van der Waals surface area contributed by atoms with Crippen LogP contribution in [0.3, 0.4) is 0 Å². The van der Waals surface area contributed by atoms with Gasteiger partial charge in [-0.25, -0.2) is 0 Å². The van der Waals surface area contributed by atoms with Gasteiger partial charge in [0.15, 0.2) is 0 Å². The third-order valence-corrected chi connectivity index (χ3v) is 5.19. The average Bonchev–Trinajstić information content (AvgIpc) is 2.65. The summed E-state index contributed by atoms with van der Waals surface area (Å²) in [6.07, 6.45) is 0.676. The Morgan fingerprint density at radius 2 is 1.76 bits per heavy atom. The van der Waals surface area contributed by atoms with Crippen LogP contribution in [0.25, 0.3) is 0 Å². The number of rotatable bonds is 2. The van der Waals surface area contributed by atoms with Crippen molar-refractivity contribution in [3.63, 3.8) is 0 Å². The Bertz CT molecular complexity index is 834. The third-order valence-electron chi connectivity index (χ3n) is 5.19. The van der Waals surface area contributed by atoms with Gasteiger partial charge in [0.25, 0.3) is 0 Å². The van der Waals surface area contributed by atoms with Gasteiger partial charge >= 0.3 is 11.8 Å². The summed E-state index contributed by atoms with van der Waals surface area (Å²) < 4.78 is 5.37. The zero-order chi connectivity index (χ0) is 17.6. The van der Waals surface area contributed by atoms with Gasteiger partial charge < -0.3 is 14.5 Å². The number of hydrogen-bond acceptors (Lipinski definition) is 3. The molecule has 0 radical (unpaired) electrons. The number of amides is 2. The van der Waals surface area contributed by atoms with Crippen LogP contribution in [-0.2, 0) is 16.0 Å². The molecule has 1 saturated heterocycles. The zero-order valence-corrected chi connectivity index (χ0v) is 14.3. The summed E-state index contributed by atoms with van der Waals surface area (Å²) in [4.78, 5) is 28.4. The summed E-state index contributed by atoms with van der Waals surface area (Å²) in [6, 6.07) is 15.6. The number of carbonyl (C=O) groups excluding carboxylic acids is 2. The van der Waals surface area contributed by atoms with E-state index in [1.165, 1.54) is 10.5 Å². The van der Waals surface area contributed by atoms with Gasteiger partial charge in [-0.3, -0.25) is 9.59 Å². The lowest BCUT2D eigenvalue weighted by Crippen LogP contribution is -2.57. The fourth-order valence-corrected chi connectivity index (χ4v) is 3.92. The van der Waals surface area contributed by atoms with Gasteiger partial charge in [0.05, 0.1) is 19.2 Å². The van der Waals surface area contributed by atoms with E-state index in [4.69, 9.17) is 4.74 Å². The van der Waals surface area contributed by atoms with Crippen molar-refractivity contribution in [1.82, 2.24) is 9.80 Å². The second-order valence-corrected chi connectivity index (χ2v) is 6.61. The quantitative estimate of drug-likeness (QED) is 0.791. The normalized spacial score (nSPS) is 22.5. The molecule has 5 heteroatoms. The van der Waals surface area contributed by atoms with E-state index in [1.807, 2.05) is 48.5 Å². The maximum Gasteiger partial charge on any atom is 0.313 e. The van der Waals surface area contributed by atoms with E-state index in [1.54, 1.807) is 19.1 Å². The first-order valence-electron chi connectivity index (χ1n) is 8.39. The summed E-state index contributed by atoms with van der Waals surface area (Å²) in [5.74, 6) is -0.0474. The first-order valence-corrected chi connectivity index (χ1v) is 8.39. The highest BCUT2D eigenvalue weighted by Gasteiger charge is 2.45. The Balaban J connectivity index is 1.85. The SMILES string of the molecule is COc1ccc2c(c1)C[C@H](c1ccccc1)N1C(=O)C(=O)N(C)C[C@H]21. The Hall–Kier alpha value is -2.82. The Labute approximate surface area is 146 Å². The van der Waals surface area contributed by atoms with E-state index in [0.29, 0.717) is 13.0 Å². The molecule has 2 aliphatic heterocycles. The van der Waals surface area contributed by atoms with E-state index >= 15 is 0 Å². The number of piperazine rings is 1. The van der Waals surface area contributed by atoms with Crippen molar-refractivity contribution >= 4 is 11.8 Å². The molecule has 0 bridgehead atoms.